The van der Waals surface area contributed by atoms with Gasteiger partial charge in [-0.05, 0) is 97.9 Å². The lowest BCUT2D eigenvalue weighted by molar-refractivity contribution is 0.714. The molecule has 0 amide bonds. The van der Waals surface area contributed by atoms with Gasteiger partial charge in [0.15, 0.2) is 0 Å². The minimum Gasteiger partial charge on any atom is -0.0891 e. The first-order valence-electron chi connectivity index (χ1n) is 14.7. The van der Waals surface area contributed by atoms with Crippen LogP contribution < -0.4 is 10.9 Å². The summed E-state index contributed by atoms with van der Waals surface area (Å²) >= 11 is 0. The largest absolute Gasteiger partial charge is 0.238 e. The van der Waals surface area contributed by atoms with E-state index in [1.165, 1.54) is 86.6 Å². The van der Waals surface area contributed by atoms with Crippen molar-refractivity contribution >= 4 is 28.8 Å². The molecule has 0 radical (unpaired) electrons. The Morgan fingerprint density at radius 1 is 0.615 bits per heavy atom. The van der Waals surface area contributed by atoms with E-state index in [0.717, 1.165) is 0 Å². The number of fused-ring (bicyclic) bond motifs is 1. The van der Waals surface area contributed by atoms with Gasteiger partial charge in [0.05, 0.1) is 0 Å². The third-order valence-corrected chi connectivity index (χ3v) is 9.43. The summed E-state index contributed by atoms with van der Waals surface area (Å²) in [4.78, 5) is 0. The molecule has 0 saturated heterocycles. The lowest BCUT2D eigenvalue weighted by Gasteiger charge is -2.37. The number of benzene rings is 4. The van der Waals surface area contributed by atoms with Gasteiger partial charge in [0.1, 0.15) is 0 Å². The van der Waals surface area contributed by atoms with Crippen molar-refractivity contribution in [3.8, 4) is 0 Å². The maximum absolute atomic E-state index is 2.41. The second kappa shape index (κ2) is 10.5. The quantitative estimate of drug-likeness (QED) is 0.243. The Balaban J connectivity index is 1.66. The SMILES string of the molecule is CC1=C(c2cccc(B3C(C)=C(c4ccccc4C)C(c4ccccc4)c4cccc(C)c43)c2C)CCCC1. The Labute approximate surface area is 235 Å². The summed E-state index contributed by atoms with van der Waals surface area (Å²) < 4.78 is 0. The van der Waals surface area contributed by atoms with Crippen LogP contribution in [0.4, 0.5) is 0 Å². The molecule has 4 aromatic carbocycles. The molecule has 1 aliphatic carbocycles. The Hall–Kier alpha value is -3.58. The van der Waals surface area contributed by atoms with Crippen molar-refractivity contribution in [2.24, 2.45) is 0 Å². The third-order valence-electron chi connectivity index (χ3n) is 9.43. The second-order valence-corrected chi connectivity index (χ2v) is 11.8. The van der Waals surface area contributed by atoms with E-state index < -0.39 is 0 Å². The summed E-state index contributed by atoms with van der Waals surface area (Å²) in [6, 6.07) is 34.2. The van der Waals surface area contributed by atoms with Crippen LogP contribution in [0.1, 0.15) is 84.4 Å². The number of allylic oxidation sites excluding steroid dienone is 4. The van der Waals surface area contributed by atoms with Gasteiger partial charge in [0.2, 0.25) is 6.71 Å². The van der Waals surface area contributed by atoms with Crippen LogP contribution in [0.3, 0.4) is 0 Å². The molecule has 39 heavy (non-hydrogen) atoms. The summed E-state index contributed by atoms with van der Waals surface area (Å²) in [6.07, 6.45) is 5.07. The number of hydrogen-bond acceptors (Lipinski definition) is 0. The summed E-state index contributed by atoms with van der Waals surface area (Å²) in [7, 11) is 0. The van der Waals surface area contributed by atoms with Gasteiger partial charge < -0.3 is 0 Å². The molecule has 0 nitrogen and oxygen atoms in total. The summed E-state index contributed by atoms with van der Waals surface area (Å²) in [6.45, 7) is 12.0. The van der Waals surface area contributed by atoms with Crippen LogP contribution in [0, 0.1) is 20.8 Å². The van der Waals surface area contributed by atoms with Crippen molar-refractivity contribution in [2.75, 3.05) is 0 Å². The van der Waals surface area contributed by atoms with Gasteiger partial charge in [-0.25, -0.2) is 0 Å². The monoisotopic (exact) mass is 506 g/mol. The Morgan fingerprint density at radius 2 is 1.28 bits per heavy atom. The highest BCUT2D eigenvalue weighted by Gasteiger charge is 2.39. The molecule has 2 aliphatic rings. The highest BCUT2D eigenvalue weighted by Crippen LogP contribution is 2.44. The van der Waals surface area contributed by atoms with E-state index in [4.69, 9.17) is 0 Å². The first kappa shape index (κ1) is 25.7. The van der Waals surface area contributed by atoms with Gasteiger partial charge >= 0.3 is 0 Å². The molecule has 0 bridgehead atoms. The zero-order chi connectivity index (χ0) is 27.1. The summed E-state index contributed by atoms with van der Waals surface area (Å²) in [5, 5.41) is 0. The fourth-order valence-corrected chi connectivity index (χ4v) is 7.44. The number of hydrogen-bond donors (Lipinski definition) is 0. The Bertz CT molecular complexity index is 1600. The van der Waals surface area contributed by atoms with Gasteiger partial charge in [-0.15, -0.1) is 0 Å². The lowest BCUT2D eigenvalue weighted by atomic mass is 9.31. The maximum Gasteiger partial charge on any atom is 0.238 e. The average molecular weight is 507 g/mol. The van der Waals surface area contributed by atoms with Gasteiger partial charge in [0, 0.05) is 5.92 Å². The molecule has 0 N–H and O–H groups in total. The fraction of sp³-hybridized carbons (Fsp3) is 0.263. The van der Waals surface area contributed by atoms with Gasteiger partial charge in [-0.2, -0.15) is 0 Å². The van der Waals surface area contributed by atoms with Crippen molar-refractivity contribution < 1.29 is 0 Å². The lowest BCUT2D eigenvalue weighted by Crippen LogP contribution is -2.51. The standard InChI is InChI=1S/C38H39B/c1-25-15-9-11-20-31(25)33-22-14-24-35(28(33)4)39-29(5)36(32-21-12-10-16-26(32)2)37(30-18-7-6-8-19-30)34-23-13-17-27(3)38(34)39/h6-8,10,12-14,16-19,21-24,37H,9,11,15,20H2,1-5H3. The van der Waals surface area contributed by atoms with Gasteiger partial charge in [-0.1, -0.05) is 125 Å². The van der Waals surface area contributed by atoms with E-state index in [1.54, 1.807) is 11.1 Å². The minimum absolute atomic E-state index is 0.213. The van der Waals surface area contributed by atoms with Crippen LogP contribution in [-0.4, -0.2) is 6.71 Å². The molecule has 1 unspecified atom stereocenters. The van der Waals surface area contributed by atoms with Crippen LogP contribution in [0.2, 0.25) is 0 Å². The van der Waals surface area contributed by atoms with E-state index >= 15 is 0 Å². The zero-order valence-electron chi connectivity index (χ0n) is 24.1. The third kappa shape index (κ3) is 4.43. The molecule has 1 heterocycles. The van der Waals surface area contributed by atoms with Crippen LogP contribution >= 0.6 is 0 Å². The van der Waals surface area contributed by atoms with Gasteiger partial charge in [-0.3, -0.25) is 0 Å². The highest BCUT2D eigenvalue weighted by molar-refractivity contribution is 6.93. The van der Waals surface area contributed by atoms with Crippen molar-refractivity contribution in [3.05, 3.63) is 141 Å². The molecule has 0 aromatic heterocycles. The normalized spacial score (nSPS) is 17.5. The van der Waals surface area contributed by atoms with Crippen molar-refractivity contribution in [1.29, 1.82) is 0 Å². The Morgan fingerprint density at radius 3 is 2.05 bits per heavy atom. The Kier molecular flexibility index (Phi) is 6.94. The fourth-order valence-electron chi connectivity index (χ4n) is 7.44. The molecule has 0 spiro atoms. The second-order valence-electron chi connectivity index (χ2n) is 11.8. The van der Waals surface area contributed by atoms with E-state index in [9.17, 15) is 0 Å². The predicted octanol–water partition coefficient (Wildman–Crippen LogP) is 8.73. The average Bonchev–Trinajstić information content (AvgIpc) is 2.95. The van der Waals surface area contributed by atoms with Crippen LogP contribution in [0.5, 0.6) is 0 Å². The molecule has 194 valence electrons. The van der Waals surface area contributed by atoms with Crippen LogP contribution in [0.25, 0.3) is 11.1 Å². The number of aryl methyl sites for hydroxylation is 2. The zero-order valence-corrected chi connectivity index (χ0v) is 24.1. The first-order chi connectivity index (χ1) is 19.0. The molecule has 0 fully saturated rings. The van der Waals surface area contributed by atoms with Crippen molar-refractivity contribution in [1.82, 2.24) is 0 Å². The van der Waals surface area contributed by atoms with E-state index in [-0.39, 0.29) is 12.6 Å². The molecule has 1 aliphatic heterocycles. The van der Waals surface area contributed by atoms with Crippen LogP contribution in [-0.2, 0) is 0 Å². The van der Waals surface area contributed by atoms with Crippen molar-refractivity contribution in [3.63, 3.8) is 0 Å². The molecule has 4 aromatic rings. The van der Waals surface area contributed by atoms with Gasteiger partial charge in [0.25, 0.3) is 0 Å². The summed E-state index contributed by atoms with van der Waals surface area (Å²) in [5.41, 5.74) is 18.9. The topological polar surface area (TPSA) is 0 Å². The van der Waals surface area contributed by atoms with Crippen LogP contribution in [0.15, 0.2) is 102 Å². The van der Waals surface area contributed by atoms with Crippen molar-refractivity contribution in [2.45, 2.75) is 66.2 Å². The van der Waals surface area contributed by atoms with E-state index in [1.807, 2.05) is 0 Å². The smallest absolute Gasteiger partial charge is 0.0891 e. The predicted molar refractivity (Wildman–Crippen MR) is 170 cm³/mol. The summed E-state index contributed by atoms with van der Waals surface area (Å²) in [5.74, 6) is 0.213. The molecule has 1 atom stereocenters. The van der Waals surface area contributed by atoms with E-state index in [2.05, 4.69) is 126 Å². The van der Waals surface area contributed by atoms with E-state index in [0.29, 0.717) is 0 Å². The minimum atomic E-state index is 0.213. The number of rotatable bonds is 4. The molecule has 0 saturated carbocycles. The molecular formula is C38H39B. The molecule has 1 heteroatoms. The molecule has 6 rings (SSSR count). The highest BCUT2D eigenvalue weighted by atomic mass is 14.3. The maximum atomic E-state index is 2.41. The molecular weight excluding hydrogens is 467 g/mol. The first-order valence-corrected chi connectivity index (χ1v) is 14.7.